The van der Waals surface area contributed by atoms with Crippen LogP contribution in [-0.4, -0.2) is 44.5 Å². The second-order valence-electron chi connectivity index (χ2n) is 6.13. The van der Waals surface area contributed by atoms with Gasteiger partial charge in [-0.05, 0) is 59.6 Å². The van der Waals surface area contributed by atoms with E-state index in [0.717, 1.165) is 12.8 Å². The molecule has 1 fully saturated rings. The molecular weight excluding hydrogens is 392 g/mol. The molecule has 0 atom stereocenters. The zero-order valence-electron chi connectivity index (χ0n) is 14.1. The van der Waals surface area contributed by atoms with Crippen molar-refractivity contribution in [3.05, 3.63) is 42.5 Å². The molecule has 11 heteroatoms. The molecule has 2 aromatic carbocycles. The molecule has 1 aliphatic rings. The molecular formula is C16H16N4O5S2. The second kappa shape index (κ2) is 6.59. The standard InChI is InChI=1S/C16H16N4O5S2/c21-26(22,15-5-3-4-14-16(15)18-25-17-14)19-12-6-8-13(9-7-12)27(23,24)20-10-1-2-11-20/h3-9,19H,1-2,10-11H2. The highest BCUT2D eigenvalue weighted by molar-refractivity contribution is 7.93. The summed E-state index contributed by atoms with van der Waals surface area (Å²) in [7, 11) is -7.49. The average molecular weight is 408 g/mol. The third-order valence-corrected chi connectivity index (χ3v) is 7.67. The molecule has 27 heavy (non-hydrogen) atoms. The van der Waals surface area contributed by atoms with Gasteiger partial charge in [-0.25, -0.2) is 21.5 Å². The maximum atomic E-state index is 12.7. The molecule has 0 saturated carbocycles. The van der Waals surface area contributed by atoms with Crippen LogP contribution in [0.3, 0.4) is 0 Å². The number of fused-ring (bicyclic) bond motifs is 1. The maximum Gasteiger partial charge on any atom is 0.264 e. The van der Waals surface area contributed by atoms with E-state index in [0.29, 0.717) is 18.6 Å². The van der Waals surface area contributed by atoms with Crippen molar-refractivity contribution in [3.8, 4) is 0 Å². The quantitative estimate of drug-likeness (QED) is 0.683. The van der Waals surface area contributed by atoms with Crippen molar-refractivity contribution in [3.63, 3.8) is 0 Å². The van der Waals surface area contributed by atoms with Crippen molar-refractivity contribution in [1.82, 2.24) is 14.6 Å². The van der Waals surface area contributed by atoms with Gasteiger partial charge < -0.3 is 0 Å². The largest absolute Gasteiger partial charge is 0.280 e. The molecule has 1 aliphatic heterocycles. The van der Waals surface area contributed by atoms with Gasteiger partial charge in [-0.2, -0.15) is 4.31 Å². The molecule has 4 rings (SSSR count). The number of anilines is 1. The van der Waals surface area contributed by atoms with Crippen molar-refractivity contribution in [1.29, 1.82) is 0 Å². The lowest BCUT2D eigenvalue weighted by atomic mass is 10.3. The van der Waals surface area contributed by atoms with E-state index in [1.54, 1.807) is 6.07 Å². The number of hydrogen-bond acceptors (Lipinski definition) is 7. The minimum atomic E-state index is -3.95. The van der Waals surface area contributed by atoms with Crippen LogP contribution in [0.15, 0.2) is 56.9 Å². The summed E-state index contributed by atoms with van der Waals surface area (Å²) >= 11 is 0. The molecule has 0 unspecified atom stereocenters. The van der Waals surface area contributed by atoms with Gasteiger partial charge in [0.05, 0.1) is 4.90 Å². The molecule has 0 spiro atoms. The van der Waals surface area contributed by atoms with Crippen molar-refractivity contribution in [2.24, 2.45) is 0 Å². The Morgan fingerprint density at radius 3 is 2.33 bits per heavy atom. The van der Waals surface area contributed by atoms with Gasteiger partial charge >= 0.3 is 0 Å². The lowest BCUT2D eigenvalue weighted by Gasteiger charge is -2.15. The van der Waals surface area contributed by atoms with Gasteiger partial charge in [0.25, 0.3) is 10.0 Å². The van der Waals surface area contributed by atoms with Crippen LogP contribution in [0.25, 0.3) is 11.0 Å². The highest BCUT2D eigenvalue weighted by Gasteiger charge is 2.27. The first-order chi connectivity index (χ1) is 12.9. The van der Waals surface area contributed by atoms with E-state index in [-0.39, 0.29) is 21.0 Å². The molecule has 1 aromatic heterocycles. The Kier molecular flexibility index (Phi) is 4.36. The van der Waals surface area contributed by atoms with E-state index in [1.165, 1.54) is 40.7 Å². The van der Waals surface area contributed by atoms with Crippen molar-refractivity contribution in [2.75, 3.05) is 17.8 Å². The summed E-state index contributed by atoms with van der Waals surface area (Å²) in [6.07, 6.45) is 1.69. The molecule has 1 saturated heterocycles. The van der Waals surface area contributed by atoms with E-state index in [1.807, 2.05) is 0 Å². The molecule has 9 nitrogen and oxygen atoms in total. The van der Waals surface area contributed by atoms with E-state index >= 15 is 0 Å². The van der Waals surface area contributed by atoms with E-state index in [9.17, 15) is 16.8 Å². The number of aromatic nitrogens is 2. The topological polar surface area (TPSA) is 122 Å². The Morgan fingerprint density at radius 1 is 0.926 bits per heavy atom. The molecule has 2 heterocycles. The van der Waals surface area contributed by atoms with Crippen LogP contribution >= 0.6 is 0 Å². The summed E-state index contributed by atoms with van der Waals surface area (Å²) in [4.78, 5) is 0.0603. The molecule has 0 bridgehead atoms. The van der Waals surface area contributed by atoms with Gasteiger partial charge in [0.2, 0.25) is 10.0 Å². The highest BCUT2D eigenvalue weighted by atomic mass is 32.2. The Hall–Kier alpha value is -2.50. The molecule has 0 aliphatic carbocycles. The number of sulfonamides is 2. The van der Waals surface area contributed by atoms with Crippen LogP contribution in [0.5, 0.6) is 0 Å². The van der Waals surface area contributed by atoms with Crippen molar-refractivity contribution < 1.29 is 21.5 Å². The smallest absolute Gasteiger partial charge is 0.264 e. The van der Waals surface area contributed by atoms with Gasteiger partial charge in [-0.3, -0.25) is 4.72 Å². The van der Waals surface area contributed by atoms with Gasteiger partial charge in [0, 0.05) is 18.8 Å². The van der Waals surface area contributed by atoms with Crippen LogP contribution in [0.1, 0.15) is 12.8 Å². The fraction of sp³-hybridized carbons (Fsp3) is 0.250. The first kappa shape index (κ1) is 17.9. The van der Waals surface area contributed by atoms with Crippen LogP contribution in [0.4, 0.5) is 5.69 Å². The summed E-state index contributed by atoms with van der Waals surface area (Å²) in [6, 6.07) is 10.1. The average Bonchev–Trinajstić information content (AvgIpc) is 3.33. The monoisotopic (exact) mass is 408 g/mol. The Bertz CT molecular complexity index is 1180. The SMILES string of the molecule is O=S(=O)(Nc1ccc(S(=O)(=O)N2CCCC2)cc1)c1cccc2nonc12. The van der Waals surface area contributed by atoms with Gasteiger partial charge in [0.1, 0.15) is 10.4 Å². The number of nitrogens with zero attached hydrogens (tertiary/aromatic N) is 3. The Balaban J connectivity index is 1.60. The lowest BCUT2D eigenvalue weighted by Crippen LogP contribution is -2.27. The van der Waals surface area contributed by atoms with E-state index < -0.39 is 20.0 Å². The van der Waals surface area contributed by atoms with E-state index in [4.69, 9.17) is 0 Å². The number of hydrogen-bond donors (Lipinski definition) is 1. The van der Waals surface area contributed by atoms with Crippen molar-refractivity contribution >= 4 is 36.8 Å². The predicted octanol–water partition coefficient (Wildman–Crippen LogP) is 1.81. The number of benzene rings is 2. The maximum absolute atomic E-state index is 12.7. The molecule has 0 amide bonds. The normalized spacial score (nSPS) is 16.0. The first-order valence-electron chi connectivity index (χ1n) is 8.22. The summed E-state index contributed by atoms with van der Waals surface area (Å²) in [5.74, 6) is 0. The van der Waals surface area contributed by atoms with Crippen LogP contribution in [-0.2, 0) is 20.0 Å². The number of nitrogens with one attached hydrogen (secondary N) is 1. The van der Waals surface area contributed by atoms with Crippen LogP contribution in [0.2, 0.25) is 0 Å². The zero-order chi connectivity index (χ0) is 19.1. The van der Waals surface area contributed by atoms with Crippen LogP contribution < -0.4 is 4.72 Å². The zero-order valence-corrected chi connectivity index (χ0v) is 15.7. The summed E-state index contributed by atoms with van der Waals surface area (Å²) in [5, 5.41) is 7.25. The third-order valence-electron chi connectivity index (χ3n) is 4.35. The Morgan fingerprint density at radius 2 is 1.63 bits per heavy atom. The fourth-order valence-electron chi connectivity index (χ4n) is 2.98. The highest BCUT2D eigenvalue weighted by Crippen LogP contribution is 2.25. The van der Waals surface area contributed by atoms with Gasteiger partial charge in [0.15, 0.2) is 5.52 Å². The number of rotatable bonds is 5. The lowest BCUT2D eigenvalue weighted by molar-refractivity contribution is 0.315. The van der Waals surface area contributed by atoms with Gasteiger partial charge in [-0.1, -0.05) is 6.07 Å². The van der Waals surface area contributed by atoms with E-state index in [2.05, 4.69) is 19.7 Å². The molecule has 1 N–H and O–H groups in total. The molecule has 0 radical (unpaired) electrons. The minimum Gasteiger partial charge on any atom is -0.280 e. The summed E-state index contributed by atoms with van der Waals surface area (Å²) in [6.45, 7) is 1.01. The first-order valence-corrected chi connectivity index (χ1v) is 11.1. The third kappa shape index (κ3) is 3.29. The minimum absolute atomic E-state index is 0.0741. The molecule has 3 aromatic rings. The van der Waals surface area contributed by atoms with Gasteiger partial charge in [-0.15, -0.1) is 0 Å². The fourth-order valence-corrected chi connectivity index (χ4v) is 5.71. The van der Waals surface area contributed by atoms with Crippen LogP contribution in [0, 0.1) is 0 Å². The predicted molar refractivity (Wildman–Crippen MR) is 97.0 cm³/mol. The molecule has 142 valence electrons. The summed E-state index contributed by atoms with van der Waals surface area (Å²) < 4.78 is 58.8. The summed E-state index contributed by atoms with van der Waals surface area (Å²) in [5.41, 5.74) is 0.687. The second-order valence-corrected chi connectivity index (χ2v) is 9.72. The Labute approximate surface area is 156 Å². The van der Waals surface area contributed by atoms with Crippen molar-refractivity contribution in [2.45, 2.75) is 22.6 Å².